The smallest absolute Gasteiger partial charge is 0.329 e. The molecule has 0 aliphatic rings. The molecule has 0 aliphatic carbocycles. The number of hydrogen-bond acceptors (Lipinski definition) is 4. The third-order valence-electron chi connectivity index (χ3n) is 2.13. The average molecular weight is 271 g/mol. The van der Waals surface area contributed by atoms with E-state index in [2.05, 4.69) is 20.0 Å². The van der Waals surface area contributed by atoms with Crippen LogP contribution in [0, 0.1) is 0 Å². The van der Waals surface area contributed by atoms with E-state index in [0.29, 0.717) is 11.3 Å². The summed E-state index contributed by atoms with van der Waals surface area (Å²) in [5.74, 6) is -1.80. The van der Waals surface area contributed by atoms with Crippen molar-refractivity contribution >= 4 is 11.6 Å². The van der Waals surface area contributed by atoms with Gasteiger partial charge in [0.2, 0.25) is 11.7 Å². The topological polar surface area (TPSA) is 68.0 Å². The van der Waals surface area contributed by atoms with Crippen molar-refractivity contribution in [2.45, 2.75) is 13.1 Å². The van der Waals surface area contributed by atoms with E-state index in [1.807, 2.05) is 0 Å². The first-order chi connectivity index (χ1) is 8.86. The molecule has 8 heteroatoms. The van der Waals surface area contributed by atoms with Gasteiger partial charge >= 0.3 is 12.1 Å². The van der Waals surface area contributed by atoms with Crippen molar-refractivity contribution in [2.75, 3.05) is 5.32 Å². The SMILES string of the molecule is CC(=O)Nc1ccc(-c2noc(C(F)(F)F)n2)cc1. The van der Waals surface area contributed by atoms with E-state index in [0.717, 1.165) is 0 Å². The number of rotatable bonds is 2. The Morgan fingerprint density at radius 2 is 1.89 bits per heavy atom. The number of amides is 1. The molecule has 1 heterocycles. The van der Waals surface area contributed by atoms with E-state index in [1.54, 1.807) is 0 Å². The van der Waals surface area contributed by atoms with Crippen molar-refractivity contribution in [3.8, 4) is 11.4 Å². The van der Waals surface area contributed by atoms with Gasteiger partial charge in [0.1, 0.15) is 0 Å². The Morgan fingerprint density at radius 1 is 1.26 bits per heavy atom. The lowest BCUT2D eigenvalue weighted by molar-refractivity contribution is -0.159. The minimum atomic E-state index is -4.67. The van der Waals surface area contributed by atoms with Gasteiger partial charge < -0.3 is 9.84 Å². The lowest BCUT2D eigenvalue weighted by Crippen LogP contribution is -2.05. The molecule has 0 saturated heterocycles. The zero-order chi connectivity index (χ0) is 14.0. The lowest BCUT2D eigenvalue weighted by atomic mass is 10.2. The number of nitrogens with one attached hydrogen (secondary N) is 1. The van der Waals surface area contributed by atoms with Crippen LogP contribution in [0.2, 0.25) is 0 Å². The zero-order valence-corrected chi connectivity index (χ0v) is 9.65. The molecule has 2 rings (SSSR count). The van der Waals surface area contributed by atoms with Gasteiger partial charge in [-0.25, -0.2) is 0 Å². The fourth-order valence-electron chi connectivity index (χ4n) is 1.36. The number of hydrogen-bond donors (Lipinski definition) is 1. The Balaban J connectivity index is 2.23. The summed E-state index contributed by atoms with van der Waals surface area (Å²) < 4.78 is 41.0. The Morgan fingerprint density at radius 3 is 2.37 bits per heavy atom. The van der Waals surface area contributed by atoms with Crippen molar-refractivity contribution in [3.05, 3.63) is 30.2 Å². The Hall–Kier alpha value is -2.38. The van der Waals surface area contributed by atoms with Gasteiger partial charge in [0.15, 0.2) is 0 Å². The molecule has 0 aliphatic heterocycles. The van der Waals surface area contributed by atoms with Gasteiger partial charge in [0.05, 0.1) is 0 Å². The standard InChI is InChI=1S/C11H8F3N3O2/c1-6(18)15-8-4-2-7(3-5-8)9-16-10(19-17-9)11(12,13)14/h2-5H,1H3,(H,15,18). The van der Waals surface area contributed by atoms with Crippen LogP contribution >= 0.6 is 0 Å². The third kappa shape index (κ3) is 3.09. The van der Waals surface area contributed by atoms with E-state index >= 15 is 0 Å². The highest BCUT2D eigenvalue weighted by Crippen LogP contribution is 2.29. The Labute approximate surface area is 105 Å². The predicted molar refractivity (Wildman–Crippen MR) is 59.0 cm³/mol. The van der Waals surface area contributed by atoms with E-state index in [9.17, 15) is 18.0 Å². The van der Waals surface area contributed by atoms with Gasteiger partial charge in [-0.05, 0) is 24.3 Å². The van der Waals surface area contributed by atoms with Gasteiger partial charge in [0, 0.05) is 18.2 Å². The number of carbonyl (C=O) groups excluding carboxylic acids is 1. The first-order valence-corrected chi connectivity index (χ1v) is 5.15. The third-order valence-corrected chi connectivity index (χ3v) is 2.13. The zero-order valence-electron chi connectivity index (χ0n) is 9.65. The summed E-state index contributed by atoms with van der Waals surface area (Å²) in [6, 6.07) is 6.02. The maximum atomic E-state index is 12.3. The molecule has 0 fully saturated rings. The maximum Gasteiger partial charge on any atom is 0.471 e. The van der Waals surface area contributed by atoms with Crippen LogP contribution in [0.5, 0.6) is 0 Å². The number of halogens is 3. The monoisotopic (exact) mass is 271 g/mol. The molecular weight excluding hydrogens is 263 g/mol. The van der Waals surface area contributed by atoms with Crippen LogP contribution in [-0.4, -0.2) is 16.0 Å². The summed E-state index contributed by atoms with van der Waals surface area (Å²) in [7, 11) is 0. The van der Waals surface area contributed by atoms with Crippen LogP contribution in [0.4, 0.5) is 18.9 Å². The van der Waals surface area contributed by atoms with E-state index < -0.39 is 12.1 Å². The van der Waals surface area contributed by atoms with Gasteiger partial charge in [-0.3, -0.25) is 4.79 Å². The second kappa shape index (κ2) is 4.71. The second-order valence-electron chi connectivity index (χ2n) is 3.68. The average Bonchev–Trinajstić information content (AvgIpc) is 2.78. The fourth-order valence-corrected chi connectivity index (χ4v) is 1.36. The molecule has 1 aromatic heterocycles. The van der Waals surface area contributed by atoms with Gasteiger partial charge in [0.25, 0.3) is 0 Å². The highest BCUT2D eigenvalue weighted by molar-refractivity contribution is 5.88. The highest BCUT2D eigenvalue weighted by atomic mass is 19.4. The Kier molecular flexibility index (Phi) is 3.24. The summed E-state index contributed by atoms with van der Waals surface area (Å²) in [6.07, 6.45) is -4.67. The summed E-state index contributed by atoms with van der Waals surface area (Å²) >= 11 is 0. The normalized spacial score (nSPS) is 11.4. The number of benzene rings is 1. The molecular formula is C11H8F3N3O2. The van der Waals surface area contributed by atoms with Gasteiger partial charge in [-0.2, -0.15) is 18.2 Å². The maximum absolute atomic E-state index is 12.3. The summed E-state index contributed by atoms with van der Waals surface area (Å²) in [5, 5.41) is 5.78. The van der Waals surface area contributed by atoms with E-state index in [4.69, 9.17) is 0 Å². The quantitative estimate of drug-likeness (QED) is 0.911. The number of alkyl halides is 3. The summed E-state index contributed by atoms with van der Waals surface area (Å²) in [4.78, 5) is 14.1. The fraction of sp³-hybridized carbons (Fsp3) is 0.182. The van der Waals surface area contributed by atoms with E-state index in [-0.39, 0.29) is 11.7 Å². The molecule has 0 spiro atoms. The van der Waals surface area contributed by atoms with Crippen molar-refractivity contribution in [1.82, 2.24) is 10.1 Å². The highest BCUT2D eigenvalue weighted by Gasteiger charge is 2.38. The van der Waals surface area contributed by atoms with Crippen LogP contribution < -0.4 is 5.32 Å². The number of nitrogens with zero attached hydrogens (tertiary/aromatic N) is 2. The lowest BCUT2D eigenvalue weighted by Gasteiger charge is -2.01. The molecule has 1 amide bonds. The van der Waals surface area contributed by atoms with Crippen molar-refractivity contribution in [2.24, 2.45) is 0 Å². The Bertz CT molecular complexity index is 590. The van der Waals surface area contributed by atoms with Crippen LogP contribution in [0.25, 0.3) is 11.4 Å². The number of anilines is 1. The number of carbonyl (C=O) groups is 1. The predicted octanol–water partition coefficient (Wildman–Crippen LogP) is 2.71. The molecule has 0 unspecified atom stereocenters. The molecule has 19 heavy (non-hydrogen) atoms. The second-order valence-corrected chi connectivity index (χ2v) is 3.68. The molecule has 0 bridgehead atoms. The van der Waals surface area contributed by atoms with E-state index in [1.165, 1.54) is 31.2 Å². The van der Waals surface area contributed by atoms with Crippen LogP contribution in [0.15, 0.2) is 28.8 Å². The van der Waals surface area contributed by atoms with Gasteiger partial charge in [-0.1, -0.05) is 5.16 Å². The van der Waals surface area contributed by atoms with Crippen LogP contribution in [0.1, 0.15) is 12.8 Å². The molecule has 0 radical (unpaired) electrons. The van der Waals surface area contributed by atoms with Crippen molar-refractivity contribution in [3.63, 3.8) is 0 Å². The van der Waals surface area contributed by atoms with Crippen molar-refractivity contribution < 1.29 is 22.5 Å². The molecule has 5 nitrogen and oxygen atoms in total. The molecule has 100 valence electrons. The largest absolute Gasteiger partial charge is 0.471 e. The first-order valence-electron chi connectivity index (χ1n) is 5.15. The number of aromatic nitrogens is 2. The summed E-state index contributed by atoms with van der Waals surface area (Å²) in [5.41, 5.74) is 0.879. The minimum absolute atomic E-state index is 0.165. The minimum Gasteiger partial charge on any atom is -0.329 e. The van der Waals surface area contributed by atoms with Crippen LogP contribution in [-0.2, 0) is 11.0 Å². The molecule has 0 atom stereocenters. The first kappa shape index (κ1) is 13.1. The van der Waals surface area contributed by atoms with Gasteiger partial charge in [-0.15, -0.1) is 0 Å². The van der Waals surface area contributed by atoms with Crippen LogP contribution in [0.3, 0.4) is 0 Å². The molecule has 0 saturated carbocycles. The summed E-state index contributed by atoms with van der Waals surface area (Å²) in [6.45, 7) is 1.35. The molecule has 1 aromatic carbocycles. The van der Waals surface area contributed by atoms with Crippen molar-refractivity contribution in [1.29, 1.82) is 0 Å². The molecule has 1 N–H and O–H groups in total. The molecule has 2 aromatic rings.